The molecule has 1 aliphatic heterocycles. The van der Waals surface area contributed by atoms with E-state index in [1.54, 1.807) is 0 Å². The van der Waals surface area contributed by atoms with Crippen molar-refractivity contribution in [2.24, 2.45) is 0 Å². The van der Waals surface area contributed by atoms with Crippen LogP contribution in [0.2, 0.25) is 0 Å². The van der Waals surface area contributed by atoms with Crippen LogP contribution in [0.4, 0.5) is 5.69 Å². The number of hydrogen-bond donors (Lipinski definition) is 2. The van der Waals surface area contributed by atoms with Gasteiger partial charge in [0.05, 0.1) is 11.4 Å². The number of rotatable bonds is 1. The van der Waals surface area contributed by atoms with Crippen LogP contribution in [-0.2, 0) is 4.79 Å². The summed E-state index contributed by atoms with van der Waals surface area (Å²) in [6, 6.07) is 1.98. The molecule has 1 atom stereocenters. The van der Waals surface area contributed by atoms with Gasteiger partial charge in [-0.05, 0) is 25.5 Å². The molecular formula is C11H15N3O. The molecule has 1 aromatic rings. The van der Waals surface area contributed by atoms with Crippen molar-refractivity contribution in [1.29, 1.82) is 0 Å². The molecule has 4 heteroatoms. The van der Waals surface area contributed by atoms with Crippen molar-refractivity contribution in [3.05, 3.63) is 23.0 Å². The van der Waals surface area contributed by atoms with Crippen molar-refractivity contribution < 1.29 is 4.79 Å². The fraction of sp³-hybridized carbons (Fsp3) is 0.455. The number of aryl methyl sites for hydroxylation is 2. The molecule has 0 radical (unpaired) electrons. The first-order chi connectivity index (χ1) is 7.08. The summed E-state index contributed by atoms with van der Waals surface area (Å²) >= 11 is 0. The molecule has 1 fully saturated rings. The first-order valence-electron chi connectivity index (χ1n) is 5.08. The van der Waals surface area contributed by atoms with Crippen LogP contribution >= 0.6 is 0 Å². The molecule has 3 N–H and O–H groups in total. The quantitative estimate of drug-likeness (QED) is 0.715. The molecule has 0 bridgehead atoms. The molecule has 0 aliphatic carbocycles. The summed E-state index contributed by atoms with van der Waals surface area (Å²) < 4.78 is 0. The molecule has 1 aliphatic rings. The molecule has 15 heavy (non-hydrogen) atoms. The Morgan fingerprint density at radius 1 is 1.53 bits per heavy atom. The molecule has 0 unspecified atom stereocenters. The number of nitrogens with one attached hydrogen (secondary N) is 1. The number of hydrogen-bond acceptors (Lipinski definition) is 3. The fourth-order valence-corrected chi connectivity index (χ4v) is 1.89. The molecule has 0 aromatic carbocycles. The van der Waals surface area contributed by atoms with Gasteiger partial charge in [0.15, 0.2) is 0 Å². The lowest BCUT2D eigenvalue weighted by Gasteiger charge is -2.11. The Hall–Kier alpha value is -1.58. The highest BCUT2D eigenvalue weighted by Crippen LogP contribution is 2.25. The van der Waals surface area contributed by atoms with Crippen molar-refractivity contribution in [3.63, 3.8) is 0 Å². The first kappa shape index (κ1) is 9.96. The summed E-state index contributed by atoms with van der Waals surface area (Å²) in [5, 5.41) is 2.81. The molecule has 1 amide bonds. The molecule has 4 nitrogen and oxygen atoms in total. The van der Waals surface area contributed by atoms with E-state index in [9.17, 15) is 4.79 Å². The third kappa shape index (κ3) is 1.79. The number of aromatic nitrogens is 1. The Labute approximate surface area is 88.9 Å². The number of carbonyl (C=O) groups excluding carboxylic acids is 1. The van der Waals surface area contributed by atoms with Gasteiger partial charge < -0.3 is 11.1 Å². The van der Waals surface area contributed by atoms with Gasteiger partial charge in [-0.15, -0.1) is 0 Å². The lowest BCUT2D eigenvalue weighted by molar-refractivity contribution is -0.119. The van der Waals surface area contributed by atoms with E-state index in [0.29, 0.717) is 13.0 Å². The van der Waals surface area contributed by atoms with Crippen molar-refractivity contribution in [2.75, 3.05) is 12.3 Å². The predicted molar refractivity (Wildman–Crippen MR) is 58.5 cm³/mol. The Kier molecular flexibility index (Phi) is 2.34. The Morgan fingerprint density at radius 3 is 2.80 bits per heavy atom. The number of nitrogen functional groups attached to an aromatic ring is 1. The molecule has 1 aromatic heterocycles. The normalized spacial score (nSPS) is 20.4. The fourth-order valence-electron chi connectivity index (χ4n) is 1.89. The maximum absolute atomic E-state index is 11.1. The number of pyridine rings is 1. The van der Waals surface area contributed by atoms with Crippen LogP contribution in [0.3, 0.4) is 0 Å². The number of nitrogens with two attached hydrogens (primary N) is 1. The molecule has 1 saturated heterocycles. The van der Waals surface area contributed by atoms with Gasteiger partial charge >= 0.3 is 0 Å². The Bertz CT molecular complexity index is 391. The van der Waals surface area contributed by atoms with Gasteiger partial charge in [0.2, 0.25) is 5.91 Å². The van der Waals surface area contributed by atoms with Crippen LogP contribution < -0.4 is 11.1 Å². The van der Waals surface area contributed by atoms with E-state index in [2.05, 4.69) is 10.3 Å². The summed E-state index contributed by atoms with van der Waals surface area (Å²) in [5.74, 6) is 0.310. The Morgan fingerprint density at radius 2 is 2.27 bits per heavy atom. The van der Waals surface area contributed by atoms with Gasteiger partial charge in [0, 0.05) is 24.6 Å². The maximum Gasteiger partial charge on any atom is 0.220 e. The standard InChI is InChI=1S/C11H15N3O/c1-6-3-9(14-7(2)11(6)12)8-4-10(15)13-5-8/h3,8H,4-5,12H2,1-2H3,(H,13,15)/t8-/m0/s1. The minimum Gasteiger partial charge on any atom is -0.397 e. The molecule has 2 heterocycles. The van der Waals surface area contributed by atoms with Crippen molar-refractivity contribution in [1.82, 2.24) is 10.3 Å². The van der Waals surface area contributed by atoms with Crippen molar-refractivity contribution >= 4 is 11.6 Å². The third-order valence-electron chi connectivity index (χ3n) is 2.87. The van der Waals surface area contributed by atoms with Gasteiger partial charge in [0.25, 0.3) is 0 Å². The third-order valence-corrected chi connectivity index (χ3v) is 2.87. The summed E-state index contributed by atoms with van der Waals surface area (Å²) in [6.45, 7) is 4.56. The molecule has 2 rings (SSSR count). The predicted octanol–water partition coefficient (Wildman–Crippen LogP) is 0.884. The van der Waals surface area contributed by atoms with Gasteiger partial charge in [-0.2, -0.15) is 0 Å². The minimum absolute atomic E-state index is 0.105. The van der Waals surface area contributed by atoms with Crippen LogP contribution in [0, 0.1) is 13.8 Å². The van der Waals surface area contributed by atoms with E-state index in [4.69, 9.17) is 5.73 Å². The summed E-state index contributed by atoms with van der Waals surface area (Å²) in [5.41, 5.74) is 9.44. The lowest BCUT2D eigenvalue weighted by atomic mass is 10.0. The van der Waals surface area contributed by atoms with Crippen molar-refractivity contribution in [3.8, 4) is 0 Å². The SMILES string of the molecule is Cc1cc([C@@H]2CNC(=O)C2)nc(C)c1N. The minimum atomic E-state index is 0.105. The number of amides is 1. The number of anilines is 1. The Balaban J connectivity index is 2.33. The zero-order chi connectivity index (χ0) is 11.0. The van der Waals surface area contributed by atoms with E-state index >= 15 is 0 Å². The summed E-state index contributed by atoms with van der Waals surface area (Å²) in [6.07, 6.45) is 0.537. The lowest BCUT2D eigenvalue weighted by Crippen LogP contribution is -2.14. The highest BCUT2D eigenvalue weighted by atomic mass is 16.1. The van der Waals surface area contributed by atoms with E-state index in [1.165, 1.54) is 0 Å². The first-order valence-corrected chi connectivity index (χ1v) is 5.08. The maximum atomic E-state index is 11.1. The van der Waals surface area contributed by atoms with Crippen LogP contribution in [0.25, 0.3) is 0 Å². The topological polar surface area (TPSA) is 68.0 Å². The van der Waals surface area contributed by atoms with Gasteiger partial charge in [-0.1, -0.05) is 0 Å². The van der Waals surface area contributed by atoms with E-state index in [0.717, 1.165) is 22.6 Å². The average molecular weight is 205 g/mol. The van der Waals surface area contributed by atoms with Crippen LogP contribution in [0.15, 0.2) is 6.07 Å². The van der Waals surface area contributed by atoms with Crippen LogP contribution in [0.5, 0.6) is 0 Å². The molecule has 0 saturated carbocycles. The number of nitrogens with zero attached hydrogens (tertiary/aromatic N) is 1. The zero-order valence-corrected chi connectivity index (χ0v) is 9.00. The second-order valence-electron chi connectivity index (χ2n) is 4.07. The largest absolute Gasteiger partial charge is 0.397 e. The molecule has 80 valence electrons. The van der Waals surface area contributed by atoms with E-state index < -0.39 is 0 Å². The van der Waals surface area contributed by atoms with Gasteiger partial charge in [0.1, 0.15) is 0 Å². The average Bonchev–Trinajstić information content (AvgIpc) is 2.60. The molecule has 0 spiro atoms. The monoisotopic (exact) mass is 205 g/mol. The van der Waals surface area contributed by atoms with Crippen molar-refractivity contribution in [2.45, 2.75) is 26.2 Å². The van der Waals surface area contributed by atoms with Crippen LogP contribution in [-0.4, -0.2) is 17.4 Å². The zero-order valence-electron chi connectivity index (χ0n) is 9.00. The van der Waals surface area contributed by atoms with Crippen LogP contribution in [0.1, 0.15) is 29.3 Å². The smallest absolute Gasteiger partial charge is 0.220 e. The highest BCUT2D eigenvalue weighted by Gasteiger charge is 2.24. The van der Waals surface area contributed by atoms with Gasteiger partial charge in [-0.3, -0.25) is 9.78 Å². The van der Waals surface area contributed by atoms with E-state index in [-0.39, 0.29) is 11.8 Å². The van der Waals surface area contributed by atoms with Gasteiger partial charge in [-0.25, -0.2) is 0 Å². The molecular weight excluding hydrogens is 190 g/mol. The summed E-state index contributed by atoms with van der Waals surface area (Å²) in [4.78, 5) is 15.5. The second-order valence-corrected chi connectivity index (χ2v) is 4.07. The second kappa shape index (κ2) is 3.53. The highest BCUT2D eigenvalue weighted by molar-refractivity contribution is 5.79. The number of carbonyl (C=O) groups is 1. The summed E-state index contributed by atoms with van der Waals surface area (Å²) in [7, 11) is 0. The van der Waals surface area contributed by atoms with E-state index in [1.807, 2.05) is 19.9 Å².